The minimum absolute atomic E-state index is 0.166. The molecule has 0 N–H and O–H groups in total. The summed E-state index contributed by atoms with van der Waals surface area (Å²) in [6.45, 7) is 0. The number of hydrogen-bond acceptors (Lipinski definition) is 6. The molecule has 0 saturated heterocycles. The highest BCUT2D eigenvalue weighted by molar-refractivity contribution is 7.87. The van der Waals surface area contributed by atoms with Crippen molar-refractivity contribution in [2.24, 2.45) is 0 Å². The van der Waals surface area contributed by atoms with Gasteiger partial charge in [-0.2, -0.15) is 8.42 Å². The molecule has 0 amide bonds. The summed E-state index contributed by atoms with van der Waals surface area (Å²) in [5.74, 6) is 1.09. The molecule has 0 heterocycles. The van der Waals surface area contributed by atoms with Crippen molar-refractivity contribution in [1.82, 2.24) is 0 Å². The van der Waals surface area contributed by atoms with E-state index in [1.807, 2.05) is 0 Å². The average Bonchev–Trinajstić information content (AvgIpc) is 3.70. The van der Waals surface area contributed by atoms with E-state index in [-0.39, 0.29) is 22.5 Å². The first-order valence-electron chi connectivity index (χ1n) is 14.5. The maximum atomic E-state index is 14.3. The maximum Gasteiger partial charge on any atom is 0.339 e. The van der Waals surface area contributed by atoms with Gasteiger partial charge in [0.1, 0.15) is 20.8 Å². The lowest BCUT2D eigenvalue weighted by Crippen LogP contribution is -2.19. The Morgan fingerprint density at radius 3 is 1.68 bits per heavy atom. The lowest BCUT2D eigenvalue weighted by Gasteiger charge is -2.25. The lowest BCUT2D eigenvalue weighted by atomic mass is 9.85. The van der Waals surface area contributed by atoms with E-state index >= 15 is 0 Å². The van der Waals surface area contributed by atoms with Crippen LogP contribution < -0.4 is 4.18 Å². The molecule has 38 heavy (non-hydrogen) atoms. The molecule has 0 unspecified atom stereocenters. The molecule has 4 aliphatic carbocycles. The number of hydrogen-bond donors (Lipinski definition) is 0. The molecule has 6 nitrogen and oxygen atoms in total. The molecule has 0 radical (unpaired) electrons. The Morgan fingerprint density at radius 1 is 0.658 bits per heavy atom. The first-order valence-corrected chi connectivity index (χ1v) is 17.3. The lowest BCUT2D eigenvalue weighted by molar-refractivity contribution is 0.462. The van der Waals surface area contributed by atoms with Gasteiger partial charge in [0.05, 0.1) is 4.90 Å². The summed E-state index contributed by atoms with van der Waals surface area (Å²) in [6, 6.07) is 6.97. The normalized spacial score (nSPS) is 21.4. The van der Waals surface area contributed by atoms with Crippen LogP contribution in [-0.4, -0.2) is 21.4 Å². The van der Waals surface area contributed by atoms with Crippen LogP contribution in [0.2, 0.25) is 0 Å². The first kappa shape index (κ1) is 26.3. The molecule has 6 rings (SSSR count). The summed E-state index contributed by atoms with van der Waals surface area (Å²) in [4.78, 5) is 0.110. The molecular formula is C30H37O6S2-. The average molecular weight is 558 g/mol. The topological polar surface area (TPSA) is 101 Å². The SMILES string of the molecule is O=S(=O)([O-])c1ccc(OS(=O)(=O)c2c(C3CCCC3)cc(C3CCCC3)cc2C2CCCC2)c2c1CCC2. The van der Waals surface area contributed by atoms with Crippen molar-refractivity contribution >= 4 is 20.2 Å². The van der Waals surface area contributed by atoms with Gasteiger partial charge in [0.15, 0.2) is 0 Å². The summed E-state index contributed by atoms with van der Waals surface area (Å²) in [7, 11) is -8.83. The van der Waals surface area contributed by atoms with Crippen LogP contribution in [0.25, 0.3) is 0 Å². The van der Waals surface area contributed by atoms with Crippen LogP contribution in [0.4, 0.5) is 0 Å². The van der Waals surface area contributed by atoms with Gasteiger partial charge in [-0.05, 0) is 110 Å². The van der Waals surface area contributed by atoms with Crippen molar-refractivity contribution in [2.75, 3.05) is 0 Å². The fraction of sp³-hybridized carbons (Fsp3) is 0.600. The van der Waals surface area contributed by atoms with Gasteiger partial charge in [-0.1, -0.05) is 50.7 Å². The van der Waals surface area contributed by atoms with Crippen LogP contribution in [-0.2, 0) is 33.1 Å². The summed E-state index contributed by atoms with van der Waals surface area (Å²) in [6.07, 6.45) is 14.8. The van der Waals surface area contributed by atoms with Gasteiger partial charge in [0, 0.05) is 5.56 Å². The van der Waals surface area contributed by atoms with Crippen LogP contribution in [0.3, 0.4) is 0 Å². The smallest absolute Gasteiger partial charge is 0.339 e. The predicted molar refractivity (Wildman–Crippen MR) is 144 cm³/mol. The predicted octanol–water partition coefficient (Wildman–Crippen LogP) is 6.82. The maximum absolute atomic E-state index is 14.3. The van der Waals surface area contributed by atoms with Crippen molar-refractivity contribution in [1.29, 1.82) is 0 Å². The van der Waals surface area contributed by atoms with Crippen molar-refractivity contribution in [3.05, 3.63) is 52.1 Å². The third-order valence-electron chi connectivity index (χ3n) is 9.50. The third-order valence-corrected chi connectivity index (χ3v) is 11.8. The van der Waals surface area contributed by atoms with Gasteiger partial charge in [-0.3, -0.25) is 0 Å². The van der Waals surface area contributed by atoms with Crippen LogP contribution in [0.1, 0.15) is 129 Å². The molecule has 8 heteroatoms. The second-order valence-corrected chi connectivity index (χ2v) is 14.7. The van der Waals surface area contributed by atoms with E-state index in [0.29, 0.717) is 41.2 Å². The Labute approximate surface area is 227 Å². The van der Waals surface area contributed by atoms with E-state index < -0.39 is 20.2 Å². The minimum Gasteiger partial charge on any atom is -0.744 e. The number of benzene rings is 2. The molecule has 0 aromatic heterocycles. The molecule has 4 aliphatic rings. The van der Waals surface area contributed by atoms with Crippen molar-refractivity contribution in [2.45, 2.75) is 124 Å². The van der Waals surface area contributed by atoms with Gasteiger partial charge in [-0.25, -0.2) is 8.42 Å². The van der Waals surface area contributed by atoms with E-state index in [4.69, 9.17) is 4.18 Å². The van der Waals surface area contributed by atoms with Crippen molar-refractivity contribution in [3.63, 3.8) is 0 Å². The molecule has 3 fully saturated rings. The Morgan fingerprint density at radius 2 is 1.16 bits per heavy atom. The molecule has 2 aromatic rings. The van der Waals surface area contributed by atoms with Crippen LogP contribution in [0.15, 0.2) is 34.1 Å². The largest absolute Gasteiger partial charge is 0.744 e. The zero-order valence-electron chi connectivity index (χ0n) is 21.9. The quantitative estimate of drug-likeness (QED) is 0.273. The van der Waals surface area contributed by atoms with Crippen molar-refractivity contribution in [3.8, 4) is 5.75 Å². The summed E-state index contributed by atoms with van der Waals surface area (Å²) in [5.41, 5.74) is 4.12. The Hall–Kier alpha value is -1.90. The molecule has 0 bridgehead atoms. The highest BCUT2D eigenvalue weighted by Crippen LogP contribution is 2.47. The van der Waals surface area contributed by atoms with Gasteiger partial charge >= 0.3 is 10.1 Å². The van der Waals surface area contributed by atoms with Crippen LogP contribution in [0.5, 0.6) is 5.75 Å². The first-order chi connectivity index (χ1) is 18.2. The highest BCUT2D eigenvalue weighted by Gasteiger charge is 2.36. The van der Waals surface area contributed by atoms with Gasteiger partial charge in [-0.15, -0.1) is 0 Å². The Bertz CT molecular complexity index is 1390. The number of rotatable bonds is 7. The molecule has 206 valence electrons. The molecule has 0 spiro atoms. The van der Waals surface area contributed by atoms with Gasteiger partial charge in [0.25, 0.3) is 0 Å². The molecular weight excluding hydrogens is 520 g/mol. The van der Waals surface area contributed by atoms with Gasteiger partial charge < -0.3 is 8.74 Å². The van der Waals surface area contributed by atoms with E-state index in [0.717, 1.165) is 75.3 Å². The van der Waals surface area contributed by atoms with E-state index in [1.165, 1.54) is 30.5 Å². The Balaban J connectivity index is 1.49. The molecule has 0 atom stereocenters. The Kier molecular flexibility index (Phi) is 7.10. The second kappa shape index (κ2) is 10.3. The number of fused-ring (bicyclic) bond motifs is 1. The van der Waals surface area contributed by atoms with E-state index in [2.05, 4.69) is 12.1 Å². The second-order valence-electron chi connectivity index (χ2n) is 11.8. The zero-order chi connectivity index (χ0) is 26.5. The molecule has 3 saturated carbocycles. The monoisotopic (exact) mass is 557 g/mol. The van der Waals surface area contributed by atoms with E-state index in [1.54, 1.807) is 0 Å². The fourth-order valence-electron chi connectivity index (χ4n) is 7.67. The fourth-order valence-corrected chi connectivity index (χ4v) is 9.94. The molecule has 0 aliphatic heterocycles. The van der Waals surface area contributed by atoms with Crippen LogP contribution >= 0.6 is 0 Å². The standard InChI is InChI=1S/C30H38O6S2/c31-37(32,33)29-17-16-28(24-14-7-15-25(24)29)36-38(34,35)30-26(21-10-3-4-11-21)18-23(20-8-1-2-9-20)19-27(30)22-12-5-6-13-22/h16-22H,1-15H2,(H,31,32,33)/p-1. The summed E-state index contributed by atoms with van der Waals surface area (Å²) < 4.78 is 69.9. The summed E-state index contributed by atoms with van der Waals surface area (Å²) >= 11 is 0. The van der Waals surface area contributed by atoms with Crippen molar-refractivity contribution < 1.29 is 25.6 Å². The highest BCUT2D eigenvalue weighted by atomic mass is 32.2. The van der Waals surface area contributed by atoms with E-state index in [9.17, 15) is 21.4 Å². The minimum atomic E-state index is -4.64. The molecule has 2 aromatic carbocycles. The van der Waals surface area contributed by atoms with Crippen LogP contribution in [0, 0.1) is 0 Å². The van der Waals surface area contributed by atoms with Gasteiger partial charge in [0.2, 0.25) is 0 Å². The zero-order valence-corrected chi connectivity index (χ0v) is 23.5. The third kappa shape index (κ3) is 4.92. The summed E-state index contributed by atoms with van der Waals surface area (Å²) in [5, 5.41) is 0.